The molecule has 2 aromatic rings. The van der Waals surface area contributed by atoms with Crippen molar-refractivity contribution in [2.45, 2.75) is 13.0 Å². The second-order valence-electron chi connectivity index (χ2n) is 4.00. The number of para-hydroxylation sites is 1. The maximum absolute atomic E-state index is 13.4. The first-order valence-electron chi connectivity index (χ1n) is 5.55. The molecule has 0 aliphatic heterocycles. The van der Waals surface area contributed by atoms with E-state index in [9.17, 15) is 4.39 Å². The molecule has 0 aromatic heterocycles. The number of benzene rings is 2. The average Bonchev–Trinajstić information content (AvgIpc) is 2.32. The number of halogens is 2. The third kappa shape index (κ3) is 2.89. The summed E-state index contributed by atoms with van der Waals surface area (Å²) in [7, 11) is 0. The van der Waals surface area contributed by atoms with Gasteiger partial charge in [-0.2, -0.15) is 0 Å². The van der Waals surface area contributed by atoms with Crippen LogP contribution in [-0.2, 0) is 0 Å². The van der Waals surface area contributed by atoms with Gasteiger partial charge in [-0.25, -0.2) is 4.39 Å². The van der Waals surface area contributed by atoms with Crippen molar-refractivity contribution in [1.82, 2.24) is 0 Å². The van der Waals surface area contributed by atoms with Gasteiger partial charge in [0.2, 0.25) is 0 Å². The van der Waals surface area contributed by atoms with E-state index in [2.05, 4.69) is 15.9 Å². The summed E-state index contributed by atoms with van der Waals surface area (Å²) in [6.07, 6.45) is 0. The van der Waals surface area contributed by atoms with Crippen LogP contribution in [0, 0.1) is 5.82 Å². The fourth-order valence-electron chi connectivity index (χ4n) is 1.60. The summed E-state index contributed by atoms with van der Waals surface area (Å²) in [6, 6.07) is 11.7. The van der Waals surface area contributed by atoms with Crippen LogP contribution < -0.4 is 10.5 Å². The Kier molecular flexibility index (Phi) is 3.99. The predicted molar refractivity (Wildman–Crippen MR) is 73.2 cm³/mol. The first-order valence-corrected chi connectivity index (χ1v) is 6.34. The lowest BCUT2D eigenvalue weighted by Crippen LogP contribution is -2.05. The molecule has 2 aromatic carbocycles. The Morgan fingerprint density at radius 1 is 1.22 bits per heavy atom. The monoisotopic (exact) mass is 309 g/mol. The van der Waals surface area contributed by atoms with Crippen LogP contribution in [0.3, 0.4) is 0 Å². The van der Waals surface area contributed by atoms with Gasteiger partial charge in [0.25, 0.3) is 0 Å². The fourth-order valence-corrected chi connectivity index (χ4v) is 2.31. The van der Waals surface area contributed by atoms with Gasteiger partial charge >= 0.3 is 0 Å². The Morgan fingerprint density at radius 3 is 2.56 bits per heavy atom. The first-order chi connectivity index (χ1) is 8.58. The van der Waals surface area contributed by atoms with Gasteiger partial charge in [0.1, 0.15) is 5.75 Å². The molecule has 4 heteroatoms. The second kappa shape index (κ2) is 5.50. The number of ether oxygens (including phenoxy) is 1. The molecule has 0 bridgehead atoms. The molecule has 0 aliphatic carbocycles. The first kappa shape index (κ1) is 13.1. The van der Waals surface area contributed by atoms with Gasteiger partial charge in [0.15, 0.2) is 11.6 Å². The van der Waals surface area contributed by atoms with Crippen LogP contribution in [0.4, 0.5) is 4.39 Å². The molecule has 0 amide bonds. The van der Waals surface area contributed by atoms with Gasteiger partial charge in [-0.1, -0.05) is 34.1 Å². The van der Waals surface area contributed by atoms with Crippen molar-refractivity contribution in [3.05, 3.63) is 58.3 Å². The Hall–Kier alpha value is -1.39. The average molecular weight is 310 g/mol. The van der Waals surface area contributed by atoms with Gasteiger partial charge in [-0.3, -0.25) is 0 Å². The van der Waals surface area contributed by atoms with Crippen molar-refractivity contribution in [3.8, 4) is 11.5 Å². The molecule has 2 nitrogen and oxygen atoms in total. The van der Waals surface area contributed by atoms with Crippen LogP contribution in [0.25, 0.3) is 0 Å². The lowest BCUT2D eigenvalue weighted by molar-refractivity contribution is 0.442. The van der Waals surface area contributed by atoms with Crippen molar-refractivity contribution in [3.63, 3.8) is 0 Å². The van der Waals surface area contributed by atoms with Gasteiger partial charge in [0, 0.05) is 10.5 Å². The van der Waals surface area contributed by atoms with Crippen molar-refractivity contribution in [2.24, 2.45) is 5.73 Å². The summed E-state index contributed by atoms with van der Waals surface area (Å²) in [4.78, 5) is 0. The van der Waals surface area contributed by atoms with Gasteiger partial charge in [-0.15, -0.1) is 0 Å². The maximum Gasteiger partial charge on any atom is 0.165 e. The molecule has 2 N–H and O–H groups in total. The summed E-state index contributed by atoms with van der Waals surface area (Å²) >= 11 is 3.43. The van der Waals surface area contributed by atoms with Crippen LogP contribution in [0.5, 0.6) is 11.5 Å². The summed E-state index contributed by atoms with van der Waals surface area (Å²) in [6.45, 7) is 1.90. The topological polar surface area (TPSA) is 35.2 Å². The zero-order valence-electron chi connectivity index (χ0n) is 9.86. The smallest absolute Gasteiger partial charge is 0.165 e. The Bertz CT molecular complexity index is 557. The quantitative estimate of drug-likeness (QED) is 0.912. The highest BCUT2D eigenvalue weighted by molar-refractivity contribution is 9.10. The predicted octanol–water partition coefficient (Wildman–Crippen LogP) is 4.40. The zero-order valence-corrected chi connectivity index (χ0v) is 11.4. The highest BCUT2D eigenvalue weighted by Gasteiger charge is 2.08. The highest BCUT2D eigenvalue weighted by atomic mass is 79.9. The lowest BCUT2D eigenvalue weighted by Gasteiger charge is -2.11. The van der Waals surface area contributed by atoms with E-state index in [-0.39, 0.29) is 17.6 Å². The molecule has 0 spiro atoms. The Morgan fingerprint density at radius 2 is 1.94 bits per heavy atom. The highest BCUT2D eigenvalue weighted by Crippen LogP contribution is 2.30. The SMILES string of the molecule is C[C@H](N)c1ccc(Oc2ccccc2F)cc1Br. The summed E-state index contributed by atoms with van der Waals surface area (Å²) < 4.78 is 19.8. The van der Waals surface area contributed by atoms with Crippen LogP contribution in [-0.4, -0.2) is 0 Å². The molecule has 0 fully saturated rings. The Balaban J connectivity index is 2.26. The number of hydrogen-bond acceptors (Lipinski definition) is 2. The molecule has 0 saturated heterocycles. The molecule has 2 rings (SSSR count). The third-order valence-corrected chi connectivity index (χ3v) is 3.21. The van der Waals surface area contributed by atoms with E-state index in [4.69, 9.17) is 10.5 Å². The van der Waals surface area contributed by atoms with Crippen LogP contribution in [0.1, 0.15) is 18.5 Å². The van der Waals surface area contributed by atoms with Crippen LogP contribution in [0.15, 0.2) is 46.9 Å². The normalized spacial score (nSPS) is 12.2. The van der Waals surface area contributed by atoms with Gasteiger partial charge in [0.05, 0.1) is 0 Å². The van der Waals surface area contributed by atoms with Crippen molar-refractivity contribution in [1.29, 1.82) is 0 Å². The Labute approximate surface area is 114 Å². The molecule has 18 heavy (non-hydrogen) atoms. The minimum atomic E-state index is -0.384. The summed E-state index contributed by atoms with van der Waals surface area (Å²) in [5, 5.41) is 0. The van der Waals surface area contributed by atoms with Crippen molar-refractivity contribution in [2.75, 3.05) is 0 Å². The van der Waals surface area contributed by atoms with Crippen LogP contribution >= 0.6 is 15.9 Å². The molecular weight excluding hydrogens is 297 g/mol. The van der Waals surface area contributed by atoms with E-state index in [1.807, 2.05) is 13.0 Å². The molecular formula is C14H13BrFNO. The largest absolute Gasteiger partial charge is 0.454 e. The van der Waals surface area contributed by atoms with Crippen molar-refractivity contribution < 1.29 is 9.13 Å². The fraction of sp³-hybridized carbons (Fsp3) is 0.143. The number of rotatable bonds is 3. The molecule has 0 heterocycles. The zero-order chi connectivity index (χ0) is 13.1. The maximum atomic E-state index is 13.4. The number of nitrogens with two attached hydrogens (primary N) is 1. The lowest BCUT2D eigenvalue weighted by atomic mass is 10.1. The van der Waals surface area contributed by atoms with Crippen LogP contribution in [0.2, 0.25) is 0 Å². The minimum Gasteiger partial charge on any atom is -0.454 e. The van der Waals surface area contributed by atoms with Gasteiger partial charge < -0.3 is 10.5 Å². The standard InChI is InChI=1S/C14H13BrFNO/c1-9(17)11-7-6-10(8-12(11)15)18-14-5-3-2-4-13(14)16/h2-9H,17H2,1H3/t9-/m0/s1. The summed E-state index contributed by atoms with van der Waals surface area (Å²) in [5.74, 6) is 0.388. The van der Waals surface area contributed by atoms with E-state index in [0.29, 0.717) is 5.75 Å². The minimum absolute atomic E-state index is 0.0677. The number of hydrogen-bond donors (Lipinski definition) is 1. The molecule has 94 valence electrons. The third-order valence-electron chi connectivity index (χ3n) is 2.53. The van der Waals surface area contributed by atoms with E-state index >= 15 is 0 Å². The molecule has 0 unspecified atom stereocenters. The molecule has 0 aliphatic rings. The van der Waals surface area contributed by atoms with Crippen molar-refractivity contribution >= 4 is 15.9 Å². The van der Waals surface area contributed by atoms with E-state index in [1.165, 1.54) is 6.07 Å². The molecule has 0 saturated carbocycles. The molecule has 0 radical (unpaired) electrons. The second-order valence-corrected chi connectivity index (χ2v) is 4.86. The van der Waals surface area contributed by atoms with E-state index < -0.39 is 0 Å². The van der Waals surface area contributed by atoms with Gasteiger partial charge in [-0.05, 0) is 36.8 Å². The molecule has 1 atom stereocenters. The van der Waals surface area contributed by atoms with E-state index in [1.54, 1.807) is 30.3 Å². The van der Waals surface area contributed by atoms with E-state index in [0.717, 1.165) is 10.0 Å². The summed E-state index contributed by atoms with van der Waals surface area (Å²) in [5.41, 5.74) is 6.79.